The summed E-state index contributed by atoms with van der Waals surface area (Å²) in [5, 5.41) is 4.60. The van der Waals surface area contributed by atoms with Crippen LogP contribution in [0.1, 0.15) is 11.1 Å². The number of ether oxygens (including phenoxy) is 1. The Morgan fingerprint density at radius 2 is 1.96 bits per heavy atom. The maximum Gasteiger partial charge on any atom is 0.418 e. The normalized spacial score (nSPS) is 11.0. The Labute approximate surface area is 141 Å². The Morgan fingerprint density at radius 3 is 2.62 bits per heavy atom. The van der Waals surface area contributed by atoms with Gasteiger partial charge in [-0.25, -0.2) is 4.79 Å². The first kappa shape index (κ1) is 17.9. The van der Waals surface area contributed by atoms with E-state index >= 15 is 0 Å². The molecule has 128 valence electrons. The van der Waals surface area contributed by atoms with Crippen molar-refractivity contribution in [3.63, 3.8) is 0 Å². The second-order valence-corrected chi connectivity index (χ2v) is 5.28. The highest BCUT2D eigenvalue weighted by Gasteiger charge is 2.34. The van der Waals surface area contributed by atoms with Crippen molar-refractivity contribution in [1.29, 1.82) is 0 Å². The van der Waals surface area contributed by atoms with Crippen molar-refractivity contribution in [2.45, 2.75) is 12.7 Å². The first-order chi connectivity index (χ1) is 11.3. The highest BCUT2D eigenvalue weighted by molar-refractivity contribution is 6.30. The third-order valence-corrected chi connectivity index (χ3v) is 3.36. The number of rotatable bonds is 4. The number of carbonyl (C=O) groups is 1. The number of anilines is 1. The fourth-order valence-electron chi connectivity index (χ4n) is 1.99. The zero-order valence-corrected chi connectivity index (χ0v) is 13.3. The maximum atomic E-state index is 13.0. The second-order valence-electron chi connectivity index (χ2n) is 4.85. The number of methoxy groups -OCH3 is 1. The van der Waals surface area contributed by atoms with E-state index < -0.39 is 17.8 Å². The number of amides is 2. The lowest BCUT2D eigenvalue weighted by Gasteiger charge is -2.14. The van der Waals surface area contributed by atoms with Crippen LogP contribution in [0, 0.1) is 0 Å². The molecule has 2 N–H and O–H groups in total. The van der Waals surface area contributed by atoms with Crippen LogP contribution in [0.15, 0.2) is 42.5 Å². The van der Waals surface area contributed by atoms with Crippen molar-refractivity contribution in [1.82, 2.24) is 5.32 Å². The minimum Gasteiger partial charge on any atom is -0.497 e. The summed E-state index contributed by atoms with van der Waals surface area (Å²) in [4.78, 5) is 11.9. The molecule has 0 aliphatic heterocycles. The molecule has 0 bridgehead atoms. The summed E-state index contributed by atoms with van der Waals surface area (Å²) < 4.78 is 44.0. The molecule has 0 heterocycles. The number of hydrogen-bond donors (Lipinski definition) is 2. The number of alkyl halides is 3. The predicted molar refractivity (Wildman–Crippen MR) is 85.3 cm³/mol. The quantitative estimate of drug-likeness (QED) is 0.833. The summed E-state index contributed by atoms with van der Waals surface area (Å²) in [5.41, 5.74) is -0.627. The van der Waals surface area contributed by atoms with Gasteiger partial charge in [0.15, 0.2) is 0 Å². The van der Waals surface area contributed by atoms with Gasteiger partial charge in [-0.2, -0.15) is 13.2 Å². The zero-order chi connectivity index (χ0) is 17.7. The molecule has 4 nitrogen and oxygen atoms in total. The molecule has 0 saturated carbocycles. The van der Waals surface area contributed by atoms with Crippen LogP contribution in [0.5, 0.6) is 5.75 Å². The van der Waals surface area contributed by atoms with E-state index in [1.54, 1.807) is 24.3 Å². The molecule has 0 atom stereocenters. The van der Waals surface area contributed by atoms with Gasteiger partial charge in [0, 0.05) is 11.6 Å². The molecular weight excluding hydrogens is 345 g/mol. The Morgan fingerprint density at radius 1 is 1.21 bits per heavy atom. The fourth-order valence-corrected chi connectivity index (χ4v) is 2.16. The van der Waals surface area contributed by atoms with Crippen LogP contribution in [-0.2, 0) is 12.7 Å². The highest BCUT2D eigenvalue weighted by Crippen LogP contribution is 2.36. The van der Waals surface area contributed by atoms with Crippen LogP contribution in [-0.4, -0.2) is 13.1 Å². The van der Waals surface area contributed by atoms with Crippen molar-refractivity contribution in [3.8, 4) is 5.75 Å². The van der Waals surface area contributed by atoms with Crippen molar-refractivity contribution in [2.24, 2.45) is 0 Å². The number of nitrogens with one attached hydrogen (secondary N) is 2. The van der Waals surface area contributed by atoms with Gasteiger partial charge in [0.05, 0.1) is 18.4 Å². The molecule has 24 heavy (non-hydrogen) atoms. The van der Waals surface area contributed by atoms with E-state index in [0.29, 0.717) is 5.75 Å². The summed E-state index contributed by atoms with van der Waals surface area (Å²) in [6, 6.07) is 9.34. The number of carbonyl (C=O) groups excluding carboxylic acids is 1. The number of benzene rings is 2. The van der Waals surface area contributed by atoms with Gasteiger partial charge in [-0.05, 0) is 35.9 Å². The zero-order valence-electron chi connectivity index (χ0n) is 12.6. The van der Waals surface area contributed by atoms with Crippen LogP contribution in [0.25, 0.3) is 0 Å². The van der Waals surface area contributed by atoms with Gasteiger partial charge in [-0.15, -0.1) is 0 Å². The molecule has 0 aromatic heterocycles. The van der Waals surface area contributed by atoms with Gasteiger partial charge < -0.3 is 15.4 Å². The molecule has 0 unspecified atom stereocenters. The SMILES string of the molecule is COc1cccc(CNC(=O)Nc2ccc(Cl)cc2C(F)(F)F)c1. The summed E-state index contributed by atoms with van der Waals surface area (Å²) >= 11 is 5.59. The lowest BCUT2D eigenvalue weighted by molar-refractivity contribution is -0.136. The summed E-state index contributed by atoms with van der Waals surface area (Å²) in [7, 11) is 1.51. The van der Waals surface area contributed by atoms with Crippen LogP contribution >= 0.6 is 11.6 Å². The second kappa shape index (κ2) is 7.44. The Balaban J connectivity index is 2.05. The van der Waals surface area contributed by atoms with Crippen LogP contribution in [0.3, 0.4) is 0 Å². The van der Waals surface area contributed by atoms with Gasteiger partial charge in [0.2, 0.25) is 0 Å². The summed E-state index contributed by atoms with van der Waals surface area (Å²) in [6.45, 7) is 0.137. The van der Waals surface area contributed by atoms with E-state index in [9.17, 15) is 18.0 Å². The van der Waals surface area contributed by atoms with Crippen molar-refractivity contribution in [3.05, 3.63) is 58.6 Å². The Bertz CT molecular complexity index is 736. The molecule has 0 saturated heterocycles. The smallest absolute Gasteiger partial charge is 0.418 e. The fraction of sp³-hybridized carbons (Fsp3) is 0.188. The lowest BCUT2D eigenvalue weighted by Crippen LogP contribution is -2.29. The highest BCUT2D eigenvalue weighted by atomic mass is 35.5. The molecule has 8 heteroatoms. The van der Waals surface area contributed by atoms with Gasteiger partial charge in [-0.1, -0.05) is 23.7 Å². The lowest BCUT2D eigenvalue weighted by atomic mass is 10.1. The Hall–Kier alpha value is -2.41. The number of halogens is 4. The van der Waals surface area contributed by atoms with Crippen molar-refractivity contribution in [2.75, 3.05) is 12.4 Å². The monoisotopic (exact) mass is 358 g/mol. The van der Waals surface area contributed by atoms with E-state index in [1.165, 1.54) is 13.2 Å². The van der Waals surface area contributed by atoms with E-state index in [1.807, 2.05) is 0 Å². The topological polar surface area (TPSA) is 50.4 Å². The third kappa shape index (κ3) is 4.79. The first-order valence-electron chi connectivity index (χ1n) is 6.84. The average molecular weight is 359 g/mol. The van der Waals surface area contributed by atoms with E-state index in [4.69, 9.17) is 16.3 Å². The van der Waals surface area contributed by atoms with E-state index in [2.05, 4.69) is 10.6 Å². The molecule has 0 spiro atoms. The van der Waals surface area contributed by atoms with E-state index in [0.717, 1.165) is 17.7 Å². The molecular formula is C16H14ClF3N2O2. The van der Waals surface area contributed by atoms with Gasteiger partial charge in [-0.3, -0.25) is 0 Å². The van der Waals surface area contributed by atoms with Gasteiger partial charge in [0.1, 0.15) is 5.75 Å². The molecule has 2 aromatic rings. The molecule has 0 aliphatic carbocycles. The largest absolute Gasteiger partial charge is 0.497 e. The molecule has 2 aromatic carbocycles. The van der Waals surface area contributed by atoms with Crippen molar-refractivity contribution < 1.29 is 22.7 Å². The summed E-state index contributed by atoms with van der Waals surface area (Å²) in [6.07, 6.45) is -4.62. The maximum absolute atomic E-state index is 13.0. The van der Waals surface area contributed by atoms with Crippen molar-refractivity contribution >= 4 is 23.3 Å². The minimum atomic E-state index is -4.62. The minimum absolute atomic E-state index is 0.0651. The molecule has 0 aliphatic rings. The number of hydrogen-bond acceptors (Lipinski definition) is 2. The molecule has 0 radical (unpaired) electrons. The first-order valence-corrected chi connectivity index (χ1v) is 7.22. The number of urea groups is 1. The standard InChI is InChI=1S/C16H14ClF3N2O2/c1-24-12-4-2-3-10(7-12)9-21-15(23)22-14-6-5-11(17)8-13(14)16(18,19)20/h2-8H,9H2,1H3,(H2,21,22,23). The van der Waals surface area contributed by atoms with E-state index in [-0.39, 0.29) is 17.3 Å². The van der Waals surface area contributed by atoms with Gasteiger partial charge >= 0.3 is 12.2 Å². The molecule has 0 fully saturated rings. The van der Waals surface area contributed by atoms with Crippen LogP contribution < -0.4 is 15.4 Å². The van der Waals surface area contributed by atoms with Gasteiger partial charge in [0.25, 0.3) is 0 Å². The van der Waals surface area contributed by atoms with Crippen LogP contribution in [0.4, 0.5) is 23.7 Å². The molecule has 2 rings (SSSR count). The average Bonchev–Trinajstić information content (AvgIpc) is 2.54. The Kier molecular flexibility index (Phi) is 5.56. The third-order valence-electron chi connectivity index (χ3n) is 3.12. The predicted octanol–water partition coefficient (Wildman–Crippen LogP) is 4.69. The van der Waals surface area contributed by atoms with Crippen LogP contribution in [0.2, 0.25) is 5.02 Å². The summed E-state index contributed by atoms with van der Waals surface area (Å²) in [5.74, 6) is 0.617. The molecule has 2 amide bonds.